The van der Waals surface area contributed by atoms with E-state index in [2.05, 4.69) is 26.3 Å². The third-order valence-electron chi connectivity index (χ3n) is 3.46. The maximum Gasteiger partial charge on any atom is 0.330 e. The van der Waals surface area contributed by atoms with Crippen molar-refractivity contribution in [1.82, 2.24) is 15.1 Å². The van der Waals surface area contributed by atoms with Gasteiger partial charge >= 0.3 is 5.97 Å². The van der Waals surface area contributed by atoms with E-state index in [-0.39, 0.29) is 0 Å². The molecule has 1 atom stereocenters. The number of aryl methyl sites for hydroxylation is 2. The second kappa shape index (κ2) is 6.31. The van der Waals surface area contributed by atoms with Crippen molar-refractivity contribution in [2.24, 2.45) is 7.05 Å². The number of carbonyl (C=O) groups is 2. The molecular formula is C15H16BrN3O3. The highest BCUT2D eigenvalue weighted by atomic mass is 79.9. The number of nitrogens with one attached hydrogen (secondary N) is 1. The number of hydrogen-bond donors (Lipinski definition) is 2. The Morgan fingerprint density at radius 3 is 2.32 bits per heavy atom. The van der Waals surface area contributed by atoms with E-state index in [1.165, 1.54) is 0 Å². The highest BCUT2D eigenvalue weighted by Gasteiger charge is 2.25. The molecule has 0 spiro atoms. The van der Waals surface area contributed by atoms with Crippen LogP contribution >= 0.6 is 15.9 Å². The Bertz CT molecular complexity index is 722. The van der Waals surface area contributed by atoms with Gasteiger partial charge in [0, 0.05) is 17.2 Å². The van der Waals surface area contributed by atoms with Crippen LogP contribution in [0.1, 0.15) is 33.4 Å². The van der Waals surface area contributed by atoms with Crippen LogP contribution in [0.4, 0.5) is 0 Å². The third kappa shape index (κ3) is 3.19. The Balaban J connectivity index is 2.30. The average molecular weight is 366 g/mol. The minimum absolute atomic E-state index is 0.408. The number of carboxylic acid groups (broad SMARTS) is 1. The van der Waals surface area contributed by atoms with Crippen molar-refractivity contribution in [3.8, 4) is 0 Å². The maximum absolute atomic E-state index is 12.4. The topological polar surface area (TPSA) is 84.2 Å². The number of carboxylic acids is 1. The smallest absolute Gasteiger partial charge is 0.330 e. The van der Waals surface area contributed by atoms with Crippen molar-refractivity contribution in [2.75, 3.05) is 0 Å². The van der Waals surface area contributed by atoms with Gasteiger partial charge in [0.2, 0.25) is 0 Å². The van der Waals surface area contributed by atoms with Gasteiger partial charge in [-0.25, -0.2) is 4.79 Å². The van der Waals surface area contributed by atoms with E-state index in [1.807, 2.05) is 0 Å². The molecule has 0 aliphatic carbocycles. The van der Waals surface area contributed by atoms with Gasteiger partial charge in [0.25, 0.3) is 5.91 Å². The Morgan fingerprint density at radius 1 is 1.27 bits per heavy atom. The largest absolute Gasteiger partial charge is 0.479 e. The molecule has 0 saturated heterocycles. The van der Waals surface area contributed by atoms with Crippen LogP contribution in [0.5, 0.6) is 0 Å². The number of amides is 1. The summed E-state index contributed by atoms with van der Waals surface area (Å²) in [5.41, 5.74) is 2.17. The lowest BCUT2D eigenvalue weighted by Gasteiger charge is -2.15. The lowest BCUT2D eigenvalue weighted by molar-refractivity contribution is -0.139. The standard InChI is InChI=1S/C15H16BrN3O3/c1-8-12(9(2)19(3)18-8)14(20)17-13(15(21)22)10-4-6-11(16)7-5-10/h4-7,13H,1-3H3,(H,17,20)(H,21,22). The molecule has 1 aromatic heterocycles. The van der Waals surface area contributed by atoms with Crippen molar-refractivity contribution in [3.63, 3.8) is 0 Å². The van der Waals surface area contributed by atoms with E-state index in [1.54, 1.807) is 49.8 Å². The Hall–Kier alpha value is -2.15. The number of aromatic nitrogens is 2. The van der Waals surface area contributed by atoms with Crippen LogP contribution in [0.15, 0.2) is 28.7 Å². The van der Waals surface area contributed by atoms with Gasteiger partial charge in [-0.15, -0.1) is 0 Å². The van der Waals surface area contributed by atoms with Gasteiger partial charge in [-0.05, 0) is 31.5 Å². The van der Waals surface area contributed by atoms with Crippen molar-refractivity contribution in [1.29, 1.82) is 0 Å². The zero-order valence-electron chi connectivity index (χ0n) is 12.4. The van der Waals surface area contributed by atoms with Gasteiger partial charge in [-0.2, -0.15) is 5.10 Å². The van der Waals surface area contributed by atoms with E-state index >= 15 is 0 Å². The van der Waals surface area contributed by atoms with Crippen LogP contribution < -0.4 is 5.32 Å². The summed E-state index contributed by atoms with van der Waals surface area (Å²) in [5, 5.41) is 16.1. The van der Waals surface area contributed by atoms with Gasteiger partial charge in [0.15, 0.2) is 6.04 Å². The van der Waals surface area contributed by atoms with Crippen LogP contribution in [0.25, 0.3) is 0 Å². The monoisotopic (exact) mass is 365 g/mol. The van der Waals surface area contributed by atoms with Crippen molar-refractivity contribution < 1.29 is 14.7 Å². The first kappa shape index (κ1) is 16.2. The second-order valence-corrected chi connectivity index (χ2v) is 5.88. The zero-order valence-corrected chi connectivity index (χ0v) is 14.0. The highest BCUT2D eigenvalue weighted by Crippen LogP contribution is 2.19. The molecule has 0 fully saturated rings. The third-order valence-corrected chi connectivity index (χ3v) is 3.99. The lowest BCUT2D eigenvalue weighted by Crippen LogP contribution is -2.34. The molecule has 116 valence electrons. The number of hydrogen-bond acceptors (Lipinski definition) is 3. The fourth-order valence-corrected chi connectivity index (χ4v) is 2.51. The Morgan fingerprint density at radius 2 is 1.86 bits per heavy atom. The molecule has 0 radical (unpaired) electrons. The van der Waals surface area contributed by atoms with E-state index in [9.17, 15) is 14.7 Å². The zero-order chi connectivity index (χ0) is 16.4. The van der Waals surface area contributed by atoms with Crippen molar-refractivity contribution >= 4 is 27.8 Å². The van der Waals surface area contributed by atoms with Gasteiger partial charge in [0.05, 0.1) is 11.3 Å². The number of nitrogens with zero attached hydrogens (tertiary/aromatic N) is 2. The van der Waals surface area contributed by atoms with Gasteiger partial charge in [0.1, 0.15) is 0 Å². The van der Waals surface area contributed by atoms with E-state index < -0.39 is 17.9 Å². The quantitative estimate of drug-likeness (QED) is 0.870. The summed E-state index contributed by atoms with van der Waals surface area (Å²) in [6.45, 7) is 3.49. The number of aliphatic carboxylic acids is 1. The molecule has 7 heteroatoms. The summed E-state index contributed by atoms with van der Waals surface area (Å²) in [4.78, 5) is 23.9. The second-order valence-electron chi connectivity index (χ2n) is 4.97. The van der Waals surface area contributed by atoms with Gasteiger partial charge in [-0.3, -0.25) is 9.48 Å². The molecule has 1 unspecified atom stereocenters. The molecular weight excluding hydrogens is 350 g/mol. The molecule has 0 aliphatic heterocycles. The molecule has 0 aliphatic rings. The van der Waals surface area contributed by atoms with Crippen molar-refractivity contribution in [2.45, 2.75) is 19.9 Å². The average Bonchev–Trinajstić information content (AvgIpc) is 2.70. The molecule has 1 aromatic carbocycles. The van der Waals surface area contributed by atoms with Crippen LogP contribution in [0.3, 0.4) is 0 Å². The first-order valence-electron chi connectivity index (χ1n) is 6.60. The maximum atomic E-state index is 12.4. The van der Waals surface area contributed by atoms with Crippen LogP contribution in [-0.4, -0.2) is 26.8 Å². The van der Waals surface area contributed by atoms with Gasteiger partial charge < -0.3 is 10.4 Å². The van der Waals surface area contributed by atoms with Crippen LogP contribution in [0.2, 0.25) is 0 Å². The molecule has 6 nitrogen and oxygen atoms in total. The fraction of sp³-hybridized carbons (Fsp3) is 0.267. The van der Waals surface area contributed by atoms with E-state index in [0.29, 0.717) is 22.5 Å². The number of rotatable bonds is 4. The molecule has 2 N–H and O–H groups in total. The van der Waals surface area contributed by atoms with Gasteiger partial charge in [-0.1, -0.05) is 28.1 Å². The normalized spacial score (nSPS) is 12.0. The lowest BCUT2D eigenvalue weighted by atomic mass is 10.1. The van der Waals surface area contributed by atoms with Crippen molar-refractivity contribution in [3.05, 3.63) is 51.3 Å². The molecule has 2 aromatic rings. The molecule has 22 heavy (non-hydrogen) atoms. The first-order chi connectivity index (χ1) is 10.3. The Kier molecular flexibility index (Phi) is 4.65. The predicted octanol–water partition coefficient (Wildman–Crippen LogP) is 2.36. The molecule has 0 saturated carbocycles. The minimum Gasteiger partial charge on any atom is -0.479 e. The fourth-order valence-electron chi connectivity index (χ4n) is 2.25. The predicted molar refractivity (Wildman–Crippen MR) is 84.7 cm³/mol. The summed E-state index contributed by atoms with van der Waals surface area (Å²) >= 11 is 3.30. The molecule has 1 amide bonds. The summed E-state index contributed by atoms with van der Waals surface area (Å²) in [6, 6.07) is 5.67. The van der Waals surface area contributed by atoms with E-state index in [0.717, 1.165) is 4.47 Å². The summed E-state index contributed by atoms with van der Waals surface area (Å²) in [6.07, 6.45) is 0. The highest BCUT2D eigenvalue weighted by molar-refractivity contribution is 9.10. The van der Waals surface area contributed by atoms with Crippen LogP contribution in [0, 0.1) is 13.8 Å². The van der Waals surface area contributed by atoms with Crippen LogP contribution in [-0.2, 0) is 11.8 Å². The molecule has 2 rings (SSSR count). The molecule has 0 bridgehead atoms. The first-order valence-corrected chi connectivity index (χ1v) is 7.40. The summed E-state index contributed by atoms with van der Waals surface area (Å²) < 4.78 is 2.44. The SMILES string of the molecule is Cc1nn(C)c(C)c1C(=O)NC(C(=O)O)c1ccc(Br)cc1. The number of benzene rings is 1. The summed E-state index contributed by atoms with van der Waals surface area (Å²) in [5.74, 6) is -1.56. The molecule has 1 heterocycles. The summed E-state index contributed by atoms with van der Waals surface area (Å²) in [7, 11) is 1.74. The number of halogens is 1. The van der Waals surface area contributed by atoms with E-state index in [4.69, 9.17) is 0 Å². The Labute approximate surface area is 136 Å². The minimum atomic E-state index is -1.12. The number of carbonyl (C=O) groups excluding carboxylic acids is 1.